The van der Waals surface area contributed by atoms with E-state index in [1.165, 1.54) is 0 Å². The Morgan fingerprint density at radius 1 is 1.11 bits per heavy atom. The number of nitrogens with one attached hydrogen (secondary N) is 2. The predicted molar refractivity (Wildman–Crippen MR) is 81.2 cm³/mol. The summed E-state index contributed by atoms with van der Waals surface area (Å²) >= 11 is 0. The molecule has 0 radical (unpaired) electrons. The van der Waals surface area contributed by atoms with Crippen LogP contribution < -0.4 is 10.6 Å². The van der Waals surface area contributed by atoms with Gasteiger partial charge in [0, 0.05) is 10.5 Å². The second-order valence-corrected chi connectivity index (χ2v) is 7.75. The zero-order chi connectivity index (χ0) is 14.3. The lowest BCUT2D eigenvalue weighted by molar-refractivity contribution is -0.119. The Balaban J connectivity index is 4.34. The number of hydrogen-bond donors (Lipinski definition) is 2. The highest BCUT2D eigenvalue weighted by molar-refractivity contribution is 8.77. The summed E-state index contributed by atoms with van der Waals surface area (Å²) in [6, 6.07) is -0.302. The summed E-state index contributed by atoms with van der Waals surface area (Å²) in [5.74, 6) is 0.973. The Hall–Kier alpha value is -0.0400. The number of hydrogen-bond acceptors (Lipinski definition) is 6. The second kappa shape index (κ2) is 8.19. The first-order chi connectivity index (χ1) is 8.26. The Bertz CT molecular complexity index is 296. The van der Waals surface area contributed by atoms with Crippen LogP contribution in [0, 0.1) is 0 Å². The van der Waals surface area contributed by atoms with Crippen molar-refractivity contribution in [2.24, 2.45) is 0 Å². The van der Waals surface area contributed by atoms with Gasteiger partial charge in [-0.2, -0.15) is 0 Å². The summed E-state index contributed by atoms with van der Waals surface area (Å²) in [5, 5.41) is 6.04. The molecule has 0 spiro atoms. The third-order valence-corrected chi connectivity index (χ3v) is 6.04. The molecule has 0 unspecified atom stereocenters. The van der Waals surface area contributed by atoms with Gasteiger partial charge in [0.15, 0.2) is 0 Å². The van der Waals surface area contributed by atoms with Gasteiger partial charge >= 0.3 is 0 Å². The lowest BCUT2D eigenvalue weighted by Crippen LogP contribution is -2.47. The fourth-order valence-electron chi connectivity index (χ4n) is 1.75. The Morgan fingerprint density at radius 2 is 1.67 bits per heavy atom. The molecule has 0 heterocycles. The summed E-state index contributed by atoms with van der Waals surface area (Å²) in [4.78, 5) is 22.8. The van der Waals surface area contributed by atoms with E-state index >= 15 is 0 Å². The van der Waals surface area contributed by atoms with Crippen molar-refractivity contribution in [3.8, 4) is 0 Å². The van der Waals surface area contributed by atoms with Gasteiger partial charge in [-0.3, -0.25) is 9.59 Å². The van der Waals surface area contributed by atoms with Crippen molar-refractivity contribution < 1.29 is 9.59 Å². The molecule has 6 heteroatoms. The van der Waals surface area contributed by atoms with Crippen LogP contribution in [-0.4, -0.2) is 48.2 Å². The minimum Gasteiger partial charge on any atom is -0.310 e. The van der Waals surface area contributed by atoms with E-state index in [0.717, 1.165) is 0 Å². The number of ketones is 2. The maximum Gasteiger partial charge on any atom is 0.148 e. The third-order valence-electron chi connectivity index (χ3n) is 2.74. The van der Waals surface area contributed by atoms with E-state index < -0.39 is 0 Å². The molecule has 2 N–H and O–H groups in total. The van der Waals surface area contributed by atoms with Crippen molar-refractivity contribution in [3.05, 3.63) is 0 Å². The molecule has 106 valence electrons. The number of carbonyl (C=O) groups excluding carboxylic acids is 2. The molecule has 0 saturated carbocycles. The highest BCUT2D eigenvalue weighted by Crippen LogP contribution is 2.38. The quantitative estimate of drug-likeness (QED) is 0.628. The first kappa shape index (κ1) is 18.0. The van der Waals surface area contributed by atoms with Crippen molar-refractivity contribution >= 4 is 33.2 Å². The minimum absolute atomic E-state index is 0.122. The number of Topliss-reactive ketones (excluding diaryl/α,β-unsaturated/α-hetero) is 2. The van der Waals surface area contributed by atoms with Crippen LogP contribution >= 0.6 is 21.6 Å². The molecule has 2 atom stereocenters. The fourth-order valence-corrected chi connectivity index (χ4v) is 4.85. The van der Waals surface area contributed by atoms with Gasteiger partial charge in [-0.15, -0.1) is 0 Å². The number of likely N-dealkylation sites (N-methyl/N-ethyl adjacent to an activating group) is 2. The van der Waals surface area contributed by atoms with Crippen LogP contribution in [0.2, 0.25) is 0 Å². The van der Waals surface area contributed by atoms with Crippen LogP contribution in [0.4, 0.5) is 0 Å². The molecule has 4 nitrogen and oxygen atoms in total. The molecule has 0 aliphatic heterocycles. The van der Waals surface area contributed by atoms with E-state index in [-0.39, 0.29) is 28.4 Å². The zero-order valence-electron chi connectivity index (χ0n) is 12.0. The van der Waals surface area contributed by atoms with Crippen LogP contribution in [0.5, 0.6) is 0 Å². The first-order valence-corrected chi connectivity index (χ1v) is 8.24. The van der Waals surface area contributed by atoms with E-state index in [4.69, 9.17) is 0 Å². The van der Waals surface area contributed by atoms with Gasteiger partial charge in [-0.05, 0) is 41.8 Å². The third kappa shape index (κ3) is 5.73. The lowest BCUT2D eigenvalue weighted by Gasteiger charge is -2.31. The molecule has 0 fully saturated rings. The highest BCUT2D eigenvalue weighted by atomic mass is 33.1. The maximum atomic E-state index is 11.5. The van der Waals surface area contributed by atoms with E-state index in [9.17, 15) is 9.59 Å². The molecule has 0 aromatic rings. The molecule has 0 rings (SSSR count). The number of carbonyl (C=O) groups is 2. The van der Waals surface area contributed by atoms with Crippen molar-refractivity contribution in [2.75, 3.05) is 19.8 Å². The Labute approximate surface area is 118 Å². The zero-order valence-corrected chi connectivity index (χ0v) is 13.6. The van der Waals surface area contributed by atoms with Crippen LogP contribution in [-0.2, 0) is 9.59 Å². The summed E-state index contributed by atoms with van der Waals surface area (Å²) in [6.07, 6.45) is 0. The van der Waals surface area contributed by atoms with Gasteiger partial charge < -0.3 is 10.6 Å². The largest absolute Gasteiger partial charge is 0.310 e. The average molecular weight is 292 g/mol. The monoisotopic (exact) mass is 292 g/mol. The Kier molecular flexibility index (Phi) is 8.18. The summed E-state index contributed by atoms with van der Waals surface area (Å²) < 4.78 is -0.208. The average Bonchev–Trinajstić information content (AvgIpc) is 2.23. The van der Waals surface area contributed by atoms with E-state index in [2.05, 4.69) is 10.6 Å². The molecule has 18 heavy (non-hydrogen) atoms. The maximum absolute atomic E-state index is 11.5. The molecule has 0 bridgehead atoms. The summed E-state index contributed by atoms with van der Waals surface area (Å²) in [6.45, 7) is 7.26. The van der Waals surface area contributed by atoms with Crippen LogP contribution in [0.1, 0.15) is 27.7 Å². The standard InChI is InChI=1S/C12H24N2O2S2/c1-8(15)10(13-5)7-17-18-12(3,4)11(14-6)9(2)16/h10-11,13-14H,7H2,1-6H3/t10-,11+/m0/s1. The normalized spacial score (nSPS) is 15.2. The first-order valence-electron chi connectivity index (χ1n) is 5.92. The van der Waals surface area contributed by atoms with Gasteiger partial charge in [0.05, 0.1) is 12.1 Å². The molecule has 0 saturated heterocycles. The van der Waals surface area contributed by atoms with Crippen LogP contribution in [0.3, 0.4) is 0 Å². The van der Waals surface area contributed by atoms with Crippen LogP contribution in [0.25, 0.3) is 0 Å². The minimum atomic E-state index is -0.208. The number of rotatable bonds is 9. The van der Waals surface area contributed by atoms with Crippen molar-refractivity contribution in [2.45, 2.75) is 44.5 Å². The van der Waals surface area contributed by atoms with Crippen LogP contribution in [0.15, 0.2) is 0 Å². The molecule has 0 aromatic carbocycles. The lowest BCUT2D eigenvalue weighted by atomic mass is 10.0. The van der Waals surface area contributed by atoms with Gasteiger partial charge in [0.1, 0.15) is 11.6 Å². The SMILES string of the molecule is CN[C@@H](CSSC(C)(C)[C@H](NC)C(C)=O)C(C)=O. The van der Waals surface area contributed by atoms with Crippen molar-refractivity contribution in [3.63, 3.8) is 0 Å². The smallest absolute Gasteiger partial charge is 0.148 e. The van der Waals surface area contributed by atoms with Gasteiger partial charge in [-0.1, -0.05) is 21.6 Å². The van der Waals surface area contributed by atoms with Gasteiger partial charge in [0.2, 0.25) is 0 Å². The van der Waals surface area contributed by atoms with Gasteiger partial charge in [-0.25, -0.2) is 0 Å². The predicted octanol–water partition coefficient (Wildman–Crippen LogP) is 1.50. The molecule has 0 aromatic heterocycles. The Morgan fingerprint density at radius 3 is 2.00 bits per heavy atom. The summed E-state index contributed by atoms with van der Waals surface area (Å²) in [5.41, 5.74) is 0. The van der Waals surface area contributed by atoms with E-state index in [1.54, 1.807) is 49.5 Å². The molecular formula is C12H24N2O2S2. The van der Waals surface area contributed by atoms with E-state index in [1.807, 2.05) is 13.8 Å². The second-order valence-electron chi connectivity index (χ2n) is 4.76. The molecule has 0 aliphatic carbocycles. The fraction of sp³-hybridized carbons (Fsp3) is 0.833. The molecular weight excluding hydrogens is 268 g/mol. The molecule has 0 aliphatic rings. The van der Waals surface area contributed by atoms with Gasteiger partial charge in [0.25, 0.3) is 0 Å². The van der Waals surface area contributed by atoms with E-state index in [0.29, 0.717) is 5.75 Å². The highest BCUT2D eigenvalue weighted by Gasteiger charge is 2.33. The summed E-state index contributed by atoms with van der Waals surface area (Å²) in [7, 11) is 6.85. The van der Waals surface area contributed by atoms with Crippen molar-refractivity contribution in [1.29, 1.82) is 0 Å². The topological polar surface area (TPSA) is 58.2 Å². The molecule has 0 amide bonds. The van der Waals surface area contributed by atoms with Crippen molar-refractivity contribution in [1.82, 2.24) is 10.6 Å².